The van der Waals surface area contributed by atoms with Gasteiger partial charge >= 0.3 is 6.36 Å². The van der Waals surface area contributed by atoms with Gasteiger partial charge in [-0.2, -0.15) is 0 Å². The summed E-state index contributed by atoms with van der Waals surface area (Å²) in [5.41, 5.74) is 0. The van der Waals surface area contributed by atoms with Crippen LogP contribution in [0.1, 0.15) is 0 Å². The maximum Gasteiger partial charge on any atom is 0.573 e. The average Bonchev–Trinajstić information content (AvgIpc) is 1.96. The summed E-state index contributed by atoms with van der Waals surface area (Å²) in [6.45, 7) is 0. The van der Waals surface area contributed by atoms with Gasteiger partial charge in [0.2, 0.25) is 0 Å². The maximum absolute atomic E-state index is 12.9. The van der Waals surface area contributed by atoms with E-state index in [1.165, 1.54) is 12.1 Å². The number of alkyl halides is 3. The van der Waals surface area contributed by atoms with Crippen LogP contribution < -0.4 is 4.74 Å². The van der Waals surface area contributed by atoms with Gasteiger partial charge in [0.05, 0.1) is 4.47 Å². The second-order valence-electron chi connectivity index (χ2n) is 2.10. The molecule has 1 rings (SSSR count). The van der Waals surface area contributed by atoms with Gasteiger partial charge in [-0.3, -0.25) is 0 Å². The predicted molar refractivity (Wildman–Crippen MR) is 40.8 cm³/mol. The zero-order chi connectivity index (χ0) is 10.1. The van der Waals surface area contributed by atoms with Crippen LogP contribution in [0.5, 0.6) is 5.75 Å². The minimum atomic E-state index is -4.87. The van der Waals surface area contributed by atoms with Crippen LogP contribution in [0.4, 0.5) is 17.6 Å². The van der Waals surface area contributed by atoms with Gasteiger partial charge in [-0.25, -0.2) is 4.39 Å². The Morgan fingerprint density at radius 1 is 1.23 bits per heavy atom. The van der Waals surface area contributed by atoms with Crippen molar-refractivity contribution in [3.8, 4) is 5.75 Å². The first kappa shape index (κ1) is 10.3. The highest BCUT2D eigenvalue weighted by Gasteiger charge is 2.32. The van der Waals surface area contributed by atoms with Crippen molar-refractivity contribution in [3.63, 3.8) is 0 Å². The number of ether oxygens (including phenoxy) is 1. The van der Waals surface area contributed by atoms with Gasteiger partial charge < -0.3 is 4.74 Å². The molecule has 0 aromatic heterocycles. The Labute approximate surface area is 79.4 Å². The van der Waals surface area contributed by atoms with Crippen LogP contribution >= 0.6 is 15.9 Å². The largest absolute Gasteiger partial charge is 0.573 e. The molecule has 13 heavy (non-hydrogen) atoms. The van der Waals surface area contributed by atoms with E-state index in [1.54, 1.807) is 0 Å². The minimum absolute atomic E-state index is 0.0748. The number of halogens is 5. The summed E-state index contributed by atoms with van der Waals surface area (Å²) < 4.78 is 51.1. The lowest BCUT2D eigenvalue weighted by atomic mass is 10.3. The highest BCUT2D eigenvalue weighted by Crippen LogP contribution is 2.29. The van der Waals surface area contributed by atoms with E-state index in [2.05, 4.69) is 20.7 Å². The lowest BCUT2D eigenvalue weighted by molar-refractivity contribution is -0.275. The third kappa shape index (κ3) is 2.87. The number of rotatable bonds is 1. The van der Waals surface area contributed by atoms with E-state index in [0.29, 0.717) is 0 Å². The van der Waals surface area contributed by atoms with Gasteiger partial charge in [-0.1, -0.05) is 6.07 Å². The topological polar surface area (TPSA) is 9.23 Å². The molecule has 0 atom stereocenters. The Morgan fingerprint density at radius 3 is 2.38 bits per heavy atom. The molecule has 0 N–H and O–H groups in total. The van der Waals surface area contributed by atoms with E-state index in [1.807, 2.05) is 0 Å². The van der Waals surface area contributed by atoms with Crippen molar-refractivity contribution < 1.29 is 22.3 Å². The van der Waals surface area contributed by atoms with E-state index in [0.717, 1.165) is 6.07 Å². The van der Waals surface area contributed by atoms with E-state index in [-0.39, 0.29) is 4.47 Å². The number of benzene rings is 1. The predicted octanol–water partition coefficient (Wildman–Crippen LogP) is 3.49. The molecule has 0 fully saturated rings. The van der Waals surface area contributed by atoms with Crippen molar-refractivity contribution in [2.45, 2.75) is 6.36 Å². The molecule has 0 unspecified atom stereocenters. The summed E-state index contributed by atoms with van der Waals surface area (Å²) in [6.07, 6.45) is -4.87. The normalized spacial score (nSPS) is 11.5. The molecule has 0 radical (unpaired) electrons. The summed E-state index contributed by atoms with van der Waals surface area (Å²) in [6, 6.07) is 3.42. The Morgan fingerprint density at radius 2 is 1.85 bits per heavy atom. The molecule has 0 aliphatic rings. The van der Waals surface area contributed by atoms with Crippen LogP contribution in [-0.4, -0.2) is 6.36 Å². The second kappa shape index (κ2) is 3.53. The molecule has 0 amide bonds. The van der Waals surface area contributed by atoms with Gasteiger partial charge in [0, 0.05) is 0 Å². The Balaban J connectivity index is 2.96. The van der Waals surface area contributed by atoms with Crippen molar-refractivity contribution in [1.82, 2.24) is 0 Å². The van der Waals surface area contributed by atoms with Crippen molar-refractivity contribution >= 4 is 15.9 Å². The fourth-order valence-electron chi connectivity index (χ4n) is 0.688. The Kier molecular flexibility index (Phi) is 2.80. The SMILES string of the molecule is Fc1c(Br)cccc1OC(F)(F)F. The minimum Gasteiger partial charge on any atom is -0.403 e. The molecule has 0 aliphatic heterocycles. The van der Waals surface area contributed by atoms with Crippen LogP contribution in [-0.2, 0) is 0 Å². The van der Waals surface area contributed by atoms with E-state index >= 15 is 0 Å². The summed E-state index contributed by atoms with van der Waals surface area (Å²) in [5, 5.41) is 0. The molecular weight excluding hydrogens is 256 g/mol. The fraction of sp³-hybridized carbons (Fsp3) is 0.143. The van der Waals surface area contributed by atoms with E-state index in [4.69, 9.17) is 0 Å². The molecular formula is C7H3BrF4O. The van der Waals surface area contributed by atoms with Crippen LogP contribution in [0, 0.1) is 5.82 Å². The molecule has 1 aromatic rings. The standard InChI is InChI=1S/C7H3BrF4O/c8-4-2-1-3-5(6(4)9)13-7(10,11)12/h1-3H. The highest BCUT2D eigenvalue weighted by atomic mass is 79.9. The summed E-state index contributed by atoms with van der Waals surface area (Å²) in [5.74, 6) is -1.92. The molecule has 0 saturated carbocycles. The Bertz CT molecular complexity index is 310. The van der Waals surface area contributed by atoms with Gasteiger partial charge in [-0.05, 0) is 28.1 Å². The lowest BCUT2D eigenvalue weighted by Crippen LogP contribution is -2.17. The smallest absolute Gasteiger partial charge is 0.403 e. The van der Waals surface area contributed by atoms with Crippen LogP contribution in [0.3, 0.4) is 0 Å². The first-order chi connectivity index (χ1) is 5.90. The second-order valence-corrected chi connectivity index (χ2v) is 2.95. The Hall–Kier alpha value is -0.780. The molecule has 1 nitrogen and oxygen atoms in total. The highest BCUT2D eigenvalue weighted by molar-refractivity contribution is 9.10. The summed E-state index contributed by atoms with van der Waals surface area (Å²) >= 11 is 2.73. The van der Waals surface area contributed by atoms with Gasteiger partial charge in [-0.15, -0.1) is 13.2 Å². The molecule has 0 heterocycles. The van der Waals surface area contributed by atoms with Gasteiger partial charge in [0.1, 0.15) is 0 Å². The molecule has 0 aliphatic carbocycles. The fourth-order valence-corrected chi connectivity index (χ4v) is 1.04. The van der Waals surface area contributed by atoms with E-state index < -0.39 is 17.9 Å². The third-order valence-electron chi connectivity index (χ3n) is 1.14. The molecule has 0 bridgehead atoms. The molecule has 6 heteroatoms. The number of hydrogen-bond donors (Lipinski definition) is 0. The van der Waals surface area contributed by atoms with Crippen LogP contribution in [0.2, 0.25) is 0 Å². The van der Waals surface area contributed by atoms with Crippen LogP contribution in [0.25, 0.3) is 0 Å². The summed E-state index contributed by atoms with van der Waals surface area (Å²) in [4.78, 5) is 0. The van der Waals surface area contributed by atoms with Crippen molar-refractivity contribution in [2.24, 2.45) is 0 Å². The van der Waals surface area contributed by atoms with E-state index in [9.17, 15) is 17.6 Å². The average molecular weight is 259 g/mol. The zero-order valence-corrected chi connectivity index (χ0v) is 7.62. The lowest BCUT2D eigenvalue weighted by Gasteiger charge is -2.09. The maximum atomic E-state index is 12.9. The van der Waals surface area contributed by atoms with Gasteiger partial charge in [0.15, 0.2) is 11.6 Å². The van der Waals surface area contributed by atoms with Crippen molar-refractivity contribution in [3.05, 3.63) is 28.5 Å². The molecule has 0 spiro atoms. The van der Waals surface area contributed by atoms with Crippen LogP contribution in [0.15, 0.2) is 22.7 Å². The quantitative estimate of drug-likeness (QED) is 0.701. The zero-order valence-electron chi connectivity index (χ0n) is 6.03. The molecule has 1 aromatic carbocycles. The van der Waals surface area contributed by atoms with Crippen molar-refractivity contribution in [2.75, 3.05) is 0 Å². The van der Waals surface area contributed by atoms with Crippen molar-refractivity contribution in [1.29, 1.82) is 0 Å². The first-order valence-electron chi connectivity index (χ1n) is 3.10. The summed E-state index contributed by atoms with van der Waals surface area (Å²) in [7, 11) is 0. The molecule has 72 valence electrons. The number of hydrogen-bond acceptors (Lipinski definition) is 1. The monoisotopic (exact) mass is 258 g/mol. The molecule has 0 saturated heterocycles. The van der Waals surface area contributed by atoms with Gasteiger partial charge in [0.25, 0.3) is 0 Å². The first-order valence-corrected chi connectivity index (χ1v) is 3.89. The third-order valence-corrected chi connectivity index (χ3v) is 1.75.